The molecule has 0 spiro atoms. The molecule has 17 heavy (non-hydrogen) atoms. The Morgan fingerprint density at radius 1 is 1.12 bits per heavy atom. The van der Waals surface area contributed by atoms with E-state index in [-0.39, 0.29) is 0 Å². The van der Waals surface area contributed by atoms with Crippen LogP contribution in [0.4, 0.5) is 0 Å². The van der Waals surface area contributed by atoms with Gasteiger partial charge in [0.2, 0.25) is 0 Å². The zero-order valence-corrected chi connectivity index (χ0v) is 11.4. The van der Waals surface area contributed by atoms with Crippen molar-refractivity contribution < 1.29 is 0 Å². The molecular formula is C15H16BrN. The Morgan fingerprint density at radius 3 is 2.76 bits per heavy atom. The predicted molar refractivity (Wildman–Crippen MR) is 76.6 cm³/mol. The second-order valence-corrected chi connectivity index (χ2v) is 6.05. The van der Waals surface area contributed by atoms with E-state index >= 15 is 0 Å². The van der Waals surface area contributed by atoms with Gasteiger partial charge in [-0.05, 0) is 29.3 Å². The molecule has 88 valence electrons. The van der Waals surface area contributed by atoms with E-state index in [1.807, 2.05) is 0 Å². The van der Waals surface area contributed by atoms with Crippen molar-refractivity contribution in [2.24, 2.45) is 0 Å². The molecule has 0 bridgehead atoms. The SMILES string of the molecule is BrC1CCN(Cc2cccc3ccccc23)C1. The molecule has 0 aromatic heterocycles. The number of likely N-dealkylation sites (tertiary alicyclic amines) is 1. The summed E-state index contributed by atoms with van der Waals surface area (Å²) in [6.45, 7) is 3.45. The van der Waals surface area contributed by atoms with Crippen molar-refractivity contribution in [1.29, 1.82) is 0 Å². The lowest BCUT2D eigenvalue weighted by molar-refractivity contribution is 0.334. The topological polar surface area (TPSA) is 3.24 Å². The number of nitrogens with zero attached hydrogens (tertiary/aromatic N) is 1. The lowest BCUT2D eigenvalue weighted by Gasteiger charge is -2.16. The number of halogens is 1. The maximum absolute atomic E-state index is 3.70. The molecule has 3 rings (SSSR count). The van der Waals surface area contributed by atoms with Crippen LogP contribution in [0, 0.1) is 0 Å². The molecule has 1 fully saturated rings. The Bertz CT molecular complexity index is 518. The zero-order valence-electron chi connectivity index (χ0n) is 9.77. The van der Waals surface area contributed by atoms with Crippen LogP contribution in [0.2, 0.25) is 0 Å². The van der Waals surface area contributed by atoms with E-state index in [1.54, 1.807) is 0 Å². The van der Waals surface area contributed by atoms with E-state index in [0.717, 1.165) is 6.54 Å². The Hall–Kier alpha value is -0.860. The van der Waals surface area contributed by atoms with Crippen LogP contribution >= 0.6 is 15.9 Å². The lowest BCUT2D eigenvalue weighted by Crippen LogP contribution is -2.20. The first kappa shape index (κ1) is 11.2. The highest BCUT2D eigenvalue weighted by atomic mass is 79.9. The molecule has 1 nitrogen and oxygen atoms in total. The maximum Gasteiger partial charge on any atom is 0.0285 e. The van der Waals surface area contributed by atoms with Crippen LogP contribution in [0.1, 0.15) is 12.0 Å². The molecule has 1 atom stereocenters. The second kappa shape index (κ2) is 4.79. The summed E-state index contributed by atoms with van der Waals surface area (Å²) in [5.74, 6) is 0. The van der Waals surface area contributed by atoms with Gasteiger partial charge in [0.15, 0.2) is 0 Å². The van der Waals surface area contributed by atoms with Gasteiger partial charge < -0.3 is 0 Å². The zero-order chi connectivity index (χ0) is 11.7. The predicted octanol–water partition coefficient (Wildman–Crippen LogP) is 3.81. The lowest BCUT2D eigenvalue weighted by atomic mass is 10.0. The quantitative estimate of drug-likeness (QED) is 0.760. The van der Waals surface area contributed by atoms with E-state index in [1.165, 1.54) is 35.8 Å². The van der Waals surface area contributed by atoms with E-state index in [4.69, 9.17) is 0 Å². The number of alkyl halides is 1. The Labute approximate surface area is 111 Å². The molecule has 0 aliphatic carbocycles. The molecule has 1 saturated heterocycles. The first-order valence-electron chi connectivity index (χ1n) is 6.16. The molecule has 2 heteroatoms. The fourth-order valence-corrected chi connectivity index (χ4v) is 3.21. The van der Waals surface area contributed by atoms with Crippen molar-refractivity contribution in [3.63, 3.8) is 0 Å². The highest BCUT2D eigenvalue weighted by Crippen LogP contribution is 2.23. The van der Waals surface area contributed by atoms with E-state index in [9.17, 15) is 0 Å². The first-order chi connectivity index (χ1) is 8.33. The summed E-state index contributed by atoms with van der Waals surface area (Å²) in [7, 11) is 0. The Kier molecular flexibility index (Phi) is 3.17. The standard InChI is InChI=1S/C15H16BrN/c16-14-8-9-17(11-14)10-13-6-3-5-12-4-1-2-7-15(12)13/h1-7,14H,8-11H2. The third-order valence-electron chi connectivity index (χ3n) is 3.49. The molecule has 0 amide bonds. The minimum Gasteiger partial charge on any atom is -0.298 e. The van der Waals surface area contributed by atoms with Crippen LogP contribution in [0.5, 0.6) is 0 Å². The van der Waals surface area contributed by atoms with Crippen LogP contribution < -0.4 is 0 Å². The molecule has 1 heterocycles. The van der Waals surface area contributed by atoms with Gasteiger partial charge in [0.1, 0.15) is 0 Å². The monoisotopic (exact) mass is 289 g/mol. The molecule has 1 aliphatic heterocycles. The first-order valence-corrected chi connectivity index (χ1v) is 7.07. The van der Waals surface area contributed by atoms with Crippen molar-refractivity contribution in [3.8, 4) is 0 Å². The Balaban J connectivity index is 1.90. The van der Waals surface area contributed by atoms with Crippen LogP contribution in [0.25, 0.3) is 10.8 Å². The summed E-state index contributed by atoms with van der Waals surface area (Å²) >= 11 is 3.70. The fraction of sp³-hybridized carbons (Fsp3) is 0.333. The van der Waals surface area contributed by atoms with E-state index in [2.05, 4.69) is 63.3 Å². The molecule has 1 unspecified atom stereocenters. The number of benzene rings is 2. The van der Waals surface area contributed by atoms with Crippen LogP contribution in [-0.2, 0) is 6.54 Å². The maximum atomic E-state index is 3.70. The highest BCUT2D eigenvalue weighted by molar-refractivity contribution is 9.09. The van der Waals surface area contributed by atoms with Gasteiger partial charge in [0.05, 0.1) is 0 Å². The third kappa shape index (κ3) is 2.38. The normalized spacial score (nSPS) is 21.1. The van der Waals surface area contributed by atoms with Gasteiger partial charge in [-0.2, -0.15) is 0 Å². The van der Waals surface area contributed by atoms with Crippen molar-refractivity contribution in [2.75, 3.05) is 13.1 Å². The Morgan fingerprint density at radius 2 is 1.94 bits per heavy atom. The second-order valence-electron chi connectivity index (χ2n) is 4.76. The number of hydrogen-bond acceptors (Lipinski definition) is 1. The molecule has 2 aromatic rings. The largest absolute Gasteiger partial charge is 0.298 e. The van der Waals surface area contributed by atoms with E-state index < -0.39 is 0 Å². The average Bonchev–Trinajstić information content (AvgIpc) is 2.75. The number of fused-ring (bicyclic) bond motifs is 1. The van der Waals surface area contributed by atoms with Gasteiger partial charge in [-0.3, -0.25) is 4.90 Å². The summed E-state index contributed by atoms with van der Waals surface area (Å²) in [6.07, 6.45) is 1.27. The minimum absolute atomic E-state index is 0.678. The van der Waals surface area contributed by atoms with Crippen LogP contribution in [-0.4, -0.2) is 22.8 Å². The molecule has 0 radical (unpaired) electrons. The van der Waals surface area contributed by atoms with E-state index in [0.29, 0.717) is 4.83 Å². The number of rotatable bonds is 2. The van der Waals surface area contributed by atoms with Crippen LogP contribution in [0.3, 0.4) is 0 Å². The molecule has 1 aliphatic rings. The van der Waals surface area contributed by atoms with Gasteiger partial charge in [0.25, 0.3) is 0 Å². The van der Waals surface area contributed by atoms with Gasteiger partial charge in [0, 0.05) is 17.9 Å². The van der Waals surface area contributed by atoms with Gasteiger partial charge in [-0.25, -0.2) is 0 Å². The summed E-state index contributed by atoms with van der Waals surface area (Å²) < 4.78 is 0. The fourth-order valence-electron chi connectivity index (χ4n) is 2.60. The van der Waals surface area contributed by atoms with Crippen molar-refractivity contribution in [1.82, 2.24) is 4.90 Å². The smallest absolute Gasteiger partial charge is 0.0285 e. The summed E-state index contributed by atoms with van der Waals surface area (Å²) in [5.41, 5.74) is 1.45. The van der Waals surface area contributed by atoms with Gasteiger partial charge in [-0.1, -0.05) is 58.4 Å². The van der Waals surface area contributed by atoms with Crippen LogP contribution in [0.15, 0.2) is 42.5 Å². The third-order valence-corrected chi connectivity index (χ3v) is 4.24. The summed E-state index contributed by atoms with van der Waals surface area (Å²) in [5, 5.41) is 2.74. The summed E-state index contributed by atoms with van der Waals surface area (Å²) in [6, 6.07) is 15.3. The van der Waals surface area contributed by atoms with Crippen molar-refractivity contribution in [2.45, 2.75) is 17.8 Å². The summed E-state index contributed by atoms with van der Waals surface area (Å²) in [4.78, 5) is 3.21. The molecule has 2 aromatic carbocycles. The average molecular weight is 290 g/mol. The highest BCUT2D eigenvalue weighted by Gasteiger charge is 2.20. The van der Waals surface area contributed by atoms with Crippen molar-refractivity contribution >= 4 is 26.7 Å². The van der Waals surface area contributed by atoms with Crippen molar-refractivity contribution in [3.05, 3.63) is 48.0 Å². The van der Waals surface area contributed by atoms with Gasteiger partial charge in [-0.15, -0.1) is 0 Å². The molecule has 0 saturated carbocycles. The molecular weight excluding hydrogens is 274 g/mol. The number of hydrogen-bond donors (Lipinski definition) is 0. The minimum atomic E-state index is 0.678. The molecule has 0 N–H and O–H groups in total. The van der Waals surface area contributed by atoms with Gasteiger partial charge >= 0.3 is 0 Å².